The van der Waals surface area contributed by atoms with E-state index in [1.807, 2.05) is 97.0 Å². The minimum atomic E-state index is -0.248. The summed E-state index contributed by atoms with van der Waals surface area (Å²) in [5.41, 5.74) is 7.92. The Labute approximate surface area is 334 Å². The number of fused-ring (bicyclic) bond motifs is 2. The van der Waals surface area contributed by atoms with Gasteiger partial charge in [0.25, 0.3) is 0 Å². The van der Waals surface area contributed by atoms with Crippen LogP contribution in [-0.2, 0) is 24.9 Å². The number of allylic oxidation sites excluding steroid dienone is 2. The summed E-state index contributed by atoms with van der Waals surface area (Å²) >= 11 is 0. The van der Waals surface area contributed by atoms with Crippen LogP contribution in [0.25, 0.3) is 44.1 Å². The van der Waals surface area contributed by atoms with Crippen LogP contribution in [0.3, 0.4) is 0 Å². The van der Waals surface area contributed by atoms with E-state index in [4.69, 9.17) is 2.74 Å². The Morgan fingerprint density at radius 2 is 1.15 bits per heavy atom. The van der Waals surface area contributed by atoms with Crippen LogP contribution in [0.5, 0.6) is 0 Å². The molecular weight excluding hydrogens is 829 g/mol. The number of carbonyl (C=O) groups excluding carboxylic acids is 1. The first-order valence-corrected chi connectivity index (χ1v) is 18.4. The molecule has 6 aromatic rings. The maximum Gasteiger partial charge on any atom is 0.162 e. The fraction of sp³-hybridized carbons (Fsp3) is 0.312. The molecule has 0 aliphatic carbocycles. The Morgan fingerprint density at radius 3 is 1.53 bits per heavy atom. The largest absolute Gasteiger partial charge is 0.512 e. The van der Waals surface area contributed by atoms with Crippen LogP contribution in [0.1, 0.15) is 85.3 Å². The predicted molar refractivity (Wildman–Crippen MR) is 219 cm³/mol. The Hall–Kier alpha value is -4.44. The number of aliphatic hydroxyl groups is 1. The number of aromatic nitrogens is 2. The van der Waals surface area contributed by atoms with Gasteiger partial charge in [-0.2, -0.15) is 0 Å². The van der Waals surface area contributed by atoms with Crippen molar-refractivity contribution in [3.8, 4) is 22.5 Å². The van der Waals surface area contributed by atoms with Crippen LogP contribution in [0.2, 0.25) is 0 Å². The number of aryl methyl sites for hydroxylation is 4. The van der Waals surface area contributed by atoms with Crippen molar-refractivity contribution in [2.24, 2.45) is 11.3 Å². The van der Waals surface area contributed by atoms with Gasteiger partial charge in [-0.1, -0.05) is 111 Å². The topological polar surface area (TPSA) is 63.1 Å². The normalized spacial score (nSPS) is 11.8. The van der Waals surface area contributed by atoms with Crippen molar-refractivity contribution in [2.45, 2.75) is 88.0 Å². The monoisotopic (exact) mass is 885 g/mol. The summed E-state index contributed by atoms with van der Waals surface area (Å²) in [4.78, 5) is 20.6. The summed E-state index contributed by atoms with van der Waals surface area (Å²) in [5, 5.41) is 14.2. The quantitative estimate of drug-likeness (QED) is 0.0892. The number of benzene rings is 4. The predicted octanol–water partition coefficient (Wildman–Crippen LogP) is 12.9. The SMILES string of the molecule is CCC(CC)C(=O)/C=C(\O)C(C)(CC)CC.[2H]c1cc2ccccc2c(-c2[c-]c(C)cc(C)c2)n1.[2H]c1cc2ccccc2c(-c2[c-]c(C)cc(C)c2)n1.[Ir]. The number of pyridine rings is 2. The van der Waals surface area contributed by atoms with Crippen molar-refractivity contribution in [1.29, 1.82) is 0 Å². The second kappa shape index (κ2) is 20.1. The standard InChI is InChI=1S/2C17H14N.C14H26O2.Ir/c2*1-12-9-13(2)11-15(10-12)17-16-6-4-3-5-14(16)7-8-18-17;1-6-11(7-2)12(15)10-13(16)14(5,8-3)9-4;/h2*3-10H,1-2H3;10-11,16H,6-9H2,1-5H3;/q2*-1;;/b;;13-10-;/i2*8D;;. The van der Waals surface area contributed by atoms with Crippen LogP contribution in [0.4, 0.5) is 0 Å². The number of ketones is 1. The number of hydrogen-bond donors (Lipinski definition) is 1. The van der Waals surface area contributed by atoms with E-state index in [0.717, 1.165) is 80.9 Å². The smallest absolute Gasteiger partial charge is 0.162 e. The van der Waals surface area contributed by atoms with Crippen molar-refractivity contribution in [1.82, 2.24) is 9.97 Å². The van der Waals surface area contributed by atoms with E-state index in [1.54, 1.807) is 12.1 Å². The van der Waals surface area contributed by atoms with E-state index in [2.05, 4.69) is 60.2 Å². The van der Waals surface area contributed by atoms with E-state index in [0.29, 0.717) is 12.3 Å². The van der Waals surface area contributed by atoms with Crippen LogP contribution < -0.4 is 0 Å². The average molecular weight is 885 g/mol. The first-order valence-electron chi connectivity index (χ1n) is 19.4. The summed E-state index contributed by atoms with van der Waals surface area (Å²) in [5.74, 6) is 0.366. The van der Waals surface area contributed by atoms with Crippen molar-refractivity contribution in [2.75, 3.05) is 0 Å². The van der Waals surface area contributed by atoms with Crippen LogP contribution in [0, 0.1) is 51.2 Å². The van der Waals surface area contributed by atoms with E-state index >= 15 is 0 Å². The van der Waals surface area contributed by atoms with E-state index in [-0.39, 0.29) is 43.0 Å². The molecule has 0 fully saturated rings. The first-order chi connectivity index (χ1) is 25.7. The molecule has 6 rings (SSSR count). The third kappa shape index (κ3) is 11.3. The van der Waals surface area contributed by atoms with Crippen LogP contribution in [-0.4, -0.2) is 20.9 Å². The van der Waals surface area contributed by atoms with Gasteiger partial charge in [0.2, 0.25) is 0 Å². The molecule has 4 aromatic carbocycles. The fourth-order valence-corrected chi connectivity index (χ4v) is 6.32. The van der Waals surface area contributed by atoms with Gasteiger partial charge >= 0.3 is 0 Å². The van der Waals surface area contributed by atoms with Gasteiger partial charge in [0.1, 0.15) is 5.76 Å². The molecule has 0 spiro atoms. The molecule has 279 valence electrons. The Morgan fingerprint density at radius 1 is 0.736 bits per heavy atom. The zero-order valence-electron chi connectivity index (χ0n) is 34.6. The fourth-order valence-electron chi connectivity index (χ4n) is 6.32. The first kappa shape index (κ1) is 39.8. The van der Waals surface area contributed by atoms with Gasteiger partial charge in [-0.05, 0) is 70.7 Å². The molecule has 4 nitrogen and oxygen atoms in total. The van der Waals surface area contributed by atoms with Gasteiger partial charge in [0.05, 0.1) is 2.74 Å². The molecule has 0 atom stereocenters. The second-order valence-electron chi connectivity index (χ2n) is 13.9. The molecule has 53 heavy (non-hydrogen) atoms. The van der Waals surface area contributed by atoms with Crippen molar-refractivity contribution >= 4 is 27.3 Å². The third-order valence-electron chi connectivity index (χ3n) is 9.88. The van der Waals surface area contributed by atoms with Gasteiger partial charge in [-0.15, -0.1) is 69.8 Å². The van der Waals surface area contributed by atoms with Gasteiger partial charge in [0.15, 0.2) is 5.78 Å². The van der Waals surface area contributed by atoms with Gasteiger partial charge in [-0.3, -0.25) is 4.79 Å². The zero-order chi connectivity index (χ0) is 39.6. The molecule has 0 amide bonds. The molecule has 0 saturated heterocycles. The minimum Gasteiger partial charge on any atom is -0.512 e. The molecule has 1 radical (unpaired) electrons. The molecule has 0 unspecified atom stereocenters. The molecule has 0 saturated carbocycles. The summed E-state index contributed by atoms with van der Waals surface area (Å²) in [6.45, 7) is 18.3. The van der Waals surface area contributed by atoms with Gasteiger partial charge < -0.3 is 15.1 Å². The zero-order valence-corrected chi connectivity index (χ0v) is 35.0. The average Bonchev–Trinajstić information content (AvgIpc) is 3.14. The second-order valence-corrected chi connectivity index (χ2v) is 13.9. The van der Waals surface area contributed by atoms with E-state index in [1.165, 1.54) is 17.2 Å². The molecule has 5 heteroatoms. The van der Waals surface area contributed by atoms with Crippen LogP contribution in [0.15, 0.2) is 109 Å². The third-order valence-corrected chi connectivity index (χ3v) is 9.88. The van der Waals surface area contributed by atoms with Crippen LogP contribution >= 0.6 is 0 Å². The number of aliphatic hydroxyl groups excluding tert-OH is 1. The van der Waals surface area contributed by atoms with E-state index in [9.17, 15) is 9.90 Å². The molecule has 0 aliphatic heterocycles. The summed E-state index contributed by atoms with van der Waals surface area (Å²) in [7, 11) is 0. The molecule has 0 bridgehead atoms. The number of rotatable bonds is 9. The number of hydrogen-bond acceptors (Lipinski definition) is 4. The summed E-state index contributed by atoms with van der Waals surface area (Å²) in [6, 6.07) is 34.7. The summed E-state index contributed by atoms with van der Waals surface area (Å²) < 4.78 is 15.7. The molecular formula is C48H54IrN2O2-2. The van der Waals surface area contributed by atoms with Crippen molar-refractivity contribution in [3.63, 3.8) is 0 Å². The van der Waals surface area contributed by atoms with Crippen molar-refractivity contribution < 1.29 is 32.7 Å². The Bertz CT molecular complexity index is 2080. The molecule has 0 aliphatic rings. The number of carbonyl (C=O) groups is 1. The van der Waals surface area contributed by atoms with Crippen molar-refractivity contribution in [3.05, 3.63) is 143 Å². The molecule has 2 aromatic heterocycles. The summed E-state index contributed by atoms with van der Waals surface area (Å²) in [6.07, 6.45) is 5.42. The van der Waals surface area contributed by atoms with E-state index < -0.39 is 0 Å². The minimum absolute atomic E-state index is 0. The Balaban J connectivity index is 0.000000221. The maximum atomic E-state index is 11.9. The molecule has 1 N–H and O–H groups in total. The Kier molecular flexibility index (Phi) is 15.1. The number of nitrogens with zero attached hydrogens (tertiary/aromatic N) is 2. The maximum absolute atomic E-state index is 11.9. The van der Waals surface area contributed by atoms with Gasteiger partial charge in [0, 0.05) is 49.9 Å². The van der Waals surface area contributed by atoms with Gasteiger partial charge in [-0.25, -0.2) is 0 Å². The molecule has 2 heterocycles.